The van der Waals surface area contributed by atoms with Crippen molar-refractivity contribution in [1.29, 1.82) is 0 Å². The molecule has 0 aliphatic heterocycles. The molecular formula is C12H24N2O. The summed E-state index contributed by atoms with van der Waals surface area (Å²) in [6, 6.07) is 0. The monoisotopic (exact) mass is 212 g/mol. The Labute approximate surface area is 92.8 Å². The number of amides is 1. The molecule has 3 heteroatoms. The van der Waals surface area contributed by atoms with Crippen LogP contribution in [0, 0.1) is 11.3 Å². The molecule has 1 amide bonds. The van der Waals surface area contributed by atoms with Gasteiger partial charge in [0.25, 0.3) is 0 Å². The first-order valence-corrected chi connectivity index (χ1v) is 5.87. The summed E-state index contributed by atoms with van der Waals surface area (Å²) in [5.41, 5.74) is 5.52. The van der Waals surface area contributed by atoms with Crippen LogP contribution in [0.3, 0.4) is 0 Å². The zero-order chi connectivity index (χ0) is 11.7. The molecule has 0 saturated heterocycles. The molecule has 0 spiro atoms. The van der Waals surface area contributed by atoms with E-state index in [2.05, 4.69) is 26.1 Å². The highest BCUT2D eigenvalue weighted by molar-refractivity contribution is 5.86. The van der Waals surface area contributed by atoms with Crippen LogP contribution in [0.25, 0.3) is 0 Å². The number of nitrogens with one attached hydrogen (secondary N) is 1. The lowest BCUT2D eigenvalue weighted by Gasteiger charge is -2.28. The van der Waals surface area contributed by atoms with Gasteiger partial charge in [0.05, 0.1) is 5.54 Å². The van der Waals surface area contributed by atoms with Gasteiger partial charge in [0.2, 0.25) is 5.91 Å². The summed E-state index contributed by atoms with van der Waals surface area (Å²) < 4.78 is 0. The molecule has 1 aliphatic carbocycles. The lowest BCUT2D eigenvalue weighted by molar-refractivity contribution is -0.127. The van der Waals surface area contributed by atoms with Gasteiger partial charge in [-0.05, 0) is 37.5 Å². The summed E-state index contributed by atoms with van der Waals surface area (Å²) in [6.07, 6.45) is 3.24. The van der Waals surface area contributed by atoms with Crippen molar-refractivity contribution in [2.75, 3.05) is 6.54 Å². The van der Waals surface area contributed by atoms with Gasteiger partial charge >= 0.3 is 0 Å². The van der Waals surface area contributed by atoms with E-state index in [1.54, 1.807) is 0 Å². The normalized spacial score (nSPS) is 20.9. The first-order valence-electron chi connectivity index (χ1n) is 5.87. The van der Waals surface area contributed by atoms with Gasteiger partial charge in [0.15, 0.2) is 0 Å². The predicted molar refractivity (Wildman–Crippen MR) is 62.4 cm³/mol. The maximum atomic E-state index is 11.9. The highest BCUT2D eigenvalue weighted by Crippen LogP contribution is 2.38. The Morgan fingerprint density at radius 2 is 1.93 bits per heavy atom. The van der Waals surface area contributed by atoms with E-state index in [4.69, 9.17) is 5.73 Å². The fraction of sp³-hybridized carbons (Fsp3) is 0.917. The van der Waals surface area contributed by atoms with E-state index in [-0.39, 0.29) is 11.3 Å². The van der Waals surface area contributed by atoms with Crippen molar-refractivity contribution in [1.82, 2.24) is 5.32 Å². The Kier molecular flexibility index (Phi) is 3.44. The molecule has 1 unspecified atom stereocenters. The zero-order valence-corrected chi connectivity index (χ0v) is 10.4. The third-order valence-corrected chi connectivity index (χ3v) is 3.60. The largest absolute Gasteiger partial charge is 0.354 e. The Hall–Kier alpha value is -0.570. The van der Waals surface area contributed by atoms with E-state index in [1.807, 2.05) is 6.92 Å². The Morgan fingerprint density at radius 3 is 2.33 bits per heavy atom. The molecule has 0 aromatic carbocycles. The summed E-state index contributed by atoms with van der Waals surface area (Å²) in [5.74, 6) is 0.397. The maximum absolute atomic E-state index is 11.9. The van der Waals surface area contributed by atoms with Crippen molar-refractivity contribution in [2.24, 2.45) is 17.1 Å². The summed E-state index contributed by atoms with van der Waals surface area (Å²) >= 11 is 0. The van der Waals surface area contributed by atoms with Crippen LogP contribution in [0.15, 0.2) is 0 Å². The van der Waals surface area contributed by atoms with Crippen LogP contribution in [0.1, 0.15) is 47.0 Å². The van der Waals surface area contributed by atoms with Crippen LogP contribution >= 0.6 is 0 Å². The lowest BCUT2D eigenvalue weighted by Crippen LogP contribution is -2.54. The van der Waals surface area contributed by atoms with Gasteiger partial charge in [-0.15, -0.1) is 0 Å². The maximum Gasteiger partial charge on any atom is 0.240 e. The van der Waals surface area contributed by atoms with E-state index in [9.17, 15) is 4.79 Å². The molecule has 0 aromatic rings. The number of carbonyl (C=O) groups excluding carboxylic acids is 1. The minimum Gasteiger partial charge on any atom is -0.354 e. The van der Waals surface area contributed by atoms with E-state index in [1.165, 1.54) is 0 Å². The number of hydrogen-bond acceptors (Lipinski definition) is 2. The summed E-state index contributed by atoms with van der Waals surface area (Å²) in [5, 5.41) is 2.97. The molecule has 0 radical (unpaired) electrons. The highest BCUT2D eigenvalue weighted by atomic mass is 16.2. The molecule has 15 heavy (non-hydrogen) atoms. The van der Waals surface area contributed by atoms with Crippen LogP contribution in [0.4, 0.5) is 0 Å². The van der Waals surface area contributed by atoms with Gasteiger partial charge in [-0.25, -0.2) is 0 Å². The molecule has 1 aliphatic rings. The molecule has 3 nitrogen and oxygen atoms in total. The van der Waals surface area contributed by atoms with Crippen molar-refractivity contribution in [2.45, 2.75) is 52.5 Å². The third kappa shape index (κ3) is 3.20. The Morgan fingerprint density at radius 1 is 1.40 bits per heavy atom. The second kappa shape index (κ2) is 4.12. The van der Waals surface area contributed by atoms with Gasteiger partial charge < -0.3 is 11.1 Å². The van der Waals surface area contributed by atoms with Crippen LogP contribution in [0.5, 0.6) is 0 Å². The van der Waals surface area contributed by atoms with Crippen LogP contribution < -0.4 is 11.1 Å². The predicted octanol–water partition coefficient (Wildman–Crippen LogP) is 1.67. The standard InChI is InChI=1S/C12H24N2O/c1-5-11(2,3)8-14-10(15)12(4,13)9-6-7-9/h9H,5-8,13H2,1-4H3,(H,14,15). The molecule has 1 fully saturated rings. The molecular weight excluding hydrogens is 188 g/mol. The average molecular weight is 212 g/mol. The van der Waals surface area contributed by atoms with Gasteiger partial charge in [-0.3, -0.25) is 4.79 Å². The molecule has 3 N–H and O–H groups in total. The van der Waals surface area contributed by atoms with Crippen LogP contribution in [-0.2, 0) is 4.79 Å². The van der Waals surface area contributed by atoms with Crippen molar-refractivity contribution >= 4 is 5.91 Å². The Bertz CT molecular complexity index is 242. The van der Waals surface area contributed by atoms with Crippen LogP contribution in [-0.4, -0.2) is 18.0 Å². The first-order chi connectivity index (χ1) is 6.79. The summed E-state index contributed by atoms with van der Waals surface area (Å²) in [6.45, 7) is 8.99. The lowest BCUT2D eigenvalue weighted by atomic mass is 9.89. The van der Waals surface area contributed by atoms with E-state index < -0.39 is 5.54 Å². The summed E-state index contributed by atoms with van der Waals surface area (Å²) in [4.78, 5) is 11.9. The van der Waals surface area contributed by atoms with Crippen molar-refractivity contribution in [3.63, 3.8) is 0 Å². The van der Waals surface area contributed by atoms with E-state index in [0.717, 1.165) is 19.3 Å². The molecule has 0 bridgehead atoms. The van der Waals surface area contributed by atoms with Gasteiger partial charge in [0, 0.05) is 6.54 Å². The third-order valence-electron chi connectivity index (χ3n) is 3.60. The Balaban J connectivity index is 2.42. The van der Waals surface area contributed by atoms with Gasteiger partial charge in [0.1, 0.15) is 0 Å². The van der Waals surface area contributed by atoms with Crippen molar-refractivity contribution < 1.29 is 4.79 Å². The number of carbonyl (C=O) groups is 1. The fourth-order valence-corrected chi connectivity index (χ4v) is 1.50. The molecule has 1 saturated carbocycles. The molecule has 1 rings (SSSR count). The SMILES string of the molecule is CCC(C)(C)CNC(=O)C(C)(N)C1CC1. The quantitative estimate of drug-likeness (QED) is 0.728. The van der Waals surface area contributed by atoms with Gasteiger partial charge in [-0.1, -0.05) is 20.8 Å². The highest BCUT2D eigenvalue weighted by Gasteiger charge is 2.44. The van der Waals surface area contributed by atoms with E-state index >= 15 is 0 Å². The van der Waals surface area contributed by atoms with Crippen LogP contribution in [0.2, 0.25) is 0 Å². The second-order valence-electron chi connectivity index (χ2n) is 5.76. The molecule has 0 aromatic heterocycles. The van der Waals surface area contributed by atoms with Crippen molar-refractivity contribution in [3.8, 4) is 0 Å². The zero-order valence-electron chi connectivity index (χ0n) is 10.4. The summed E-state index contributed by atoms with van der Waals surface area (Å²) in [7, 11) is 0. The first kappa shape index (κ1) is 12.5. The smallest absolute Gasteiger partial charge is 0.240 e. The minimum atomic E-state index is -0.663. The number of nitrogens with two attached hydrogens (primary N) is 1. The van der Waals surface area contributed by atoms with Gasteiger partial charge in [-0.2, -0.15) is 0 Å². The minimum absolute atomic E-state index is 0.00604. The van der Waals surface area contributed by atoms with E-state index in [0.29, 0.717) is 12.5 Å². The molecule has 1 atom stereocenters. The number of hydrogen-bond donors (Lipinski definition) is 2. The topological polar surface area (TPSA) is 55.1 Å². The van der Waals surface area contributed by atoms with Crippen molar-refractivity contribution in [3.05, 3.63) is 0 Å². The molecule has 0 heterocycles. The fourth-order valence-electron chi connectivity index (χ4n) is 1.50. The molecule has 88 valence electrons. The second-order valence-corrected chi connectivity index (χ2v) is 5.76. The number of rotatable bonds is 5. The average Bonchev–Trinajstić information content (AvgIpc) is 2.97.